The second-order valence-electron chi connectivity index (χ2n) is 6.16. The molecule has 0 aliphatic rings. The van der Waals surface area contributed by atoms with Gasteiger partial charge in [-0.05, 0) is 31.5 Å². The molecule has 0 radical (unpaired) electrons. The number of benzene rings is 1. The van der Waals surface area contributed by atoms with E-state index in [0.717, 1.165) is 5.56 Å². The highest BCUT2D eigenvalue weighted by Gasteiger charge is 2.23. The van der Waals surface area contributed by atoms with E-state index in [1.54, 1.807) is 30.7 Å². The largest absolute Gasteiger partial charge is 0.476 e. The molecule has 3 rings (SSSR count). The van der Waals surface area contributed by atoms with Gasteiger partial charge in [-0.25, -0.2) is 9.18 Å². The Bertz CT molecular complexity index is 1040. The van der Waals surface area contributed by atoms with Crippen LogP contribution in [0.4, 0.5) is 10.1 Å². The average Bonchev–Trinajstić information content (AvgIpc) is 3.11. The fourth-order valence-electron chi connectivity index (χ4n) is 2.83. The van der Waals surface area contributed by atoms with E-state index in [9.17, 15) is 19.1 Å². The fourth-order valence-corrected chi connectivity index (χ4v) is 2.83. The smallest absolute Gasteiger partial charge is 0.357 e. The van der Waals surface area contributed by atoms with E-state index < -0.39 is 11.9 Å². The molecule has 140 valence electrons. The number of aromatic nitrogens is 4. The summed E-state index contributed by atoms with van der Waals surface area (Å²) in [6.07, 6.45) is 1.35. The first kappa shape index (κ1) is 18.3. The zero-order valence-corrected chi connectivity index (χ0v) is 15.0. The first-order valence-corrected chi connectivity index (χ1v) is 8.13. The van der Waals surface area contributed by atoms with Crippen LogP contribution in [-0.4, -0.2) is 36.5 Å². The molecule has 0 unspecified atom stereocenters. The summed E-state index contributed by atoms with van der Waals surface area (Å²) in [7, 11) is 1.54. The third kappa shape index (κ3) is 3.71. The van der Waals surface area contributed by atoms with Gasteiger partial charge in [0, 0.05) is 13.2 Å². The maximum Gasteiger partial charge on any atom is 0.357 e. The van der Waals surface area contributed by atoms with E-state index in [2.05, 4.69) is 15.5 Å². The number of nitrogens with one attached hydrogen (secondary N) is 1. The van der Waals surface area contributed by atoms with Crippen molar-refractivity contribution in [2.75, 3.05) is 5.32 Å². The van der Waals surface area contributed by atoms with E-state index >= 15 is 0 Å². The Hall–Kier alpha value is -3.49. The van der Waals surface area contributed by atoms with Crippen LogP contribution >= 0.6 is 0 Å². The number of carbonyl (C=O) groups excluding carboxylic acids is 1. The standard InChI is InChI=1S/C18H18FN5O3/c1-10-15(20-17(25)14-9-23(3)22-16(14)18(26)27)11(2)24(21-10)8-12-5-4-6-13(19)7-12/h4-7,9H,8H2,1-3H3,(H,20,25)(H,26,27). The maximum atomic E-state index is 13.4. The van der Waals surface area contributed by atoms with E-state index in [-0.39, 0.29) is 17.1 Å². The Kier molecular flexibility index (Phi) is 4.76. The lowest BCUT2D eigenvalue weighted by molar-refractivity contribution is 0.0685. The molecule has 0 bridgehead atoms. The van der Waals surface area contributed by atoms with Crippen LogP contribution in [-0.2, 0) is 13.6 Å². The highest BCUT2D eigenvalue weighted by Crippen LogP contribution is 2.22. The monoisotopic (exact) mass is 371 g/mol. The Morgan fingerprint density at radius 1 is 1.26 bits per heavy atom. The van der Waals surface area contributed by atoms with Crippen molar-refractivity contribution in [3.63, 3.8) is 0 Å². The molecular weight excluding hydrogens is 353 g/mol. The van der Waals surface area contributed by atoms with Gasteiger partial charge in [-0.3, -0.25) is 14.2 Å². The number of halogens is 1. The molecule has 3 aromatic rings. The minimum atomic E-state index is -1.28. The topological polar surface area (TPSA) is 102 Å². The van der Waals surface area contributed by atoms with Crippen molar-refractivity contribution in [2.24, 2.45) is 7.05 Å². The highest BCUT2D eigenvalue weighted by atomic mass is 19.1. The normalized spacial score (nSPS) is 10.8. The zero-order valence-electron chi connectivity index (χ0n) is 15.0. The van der Waals surface area contributed by atoms with Gasteiger partial charge in [-0.1, -0.05) is 12.1 Å². The summed E-state index contributed by atoms with van der Waals surface area (Å²) < 4.78 is 16.3. The van der Waals surface area contributed by atoms with Crippen molar-refractivity contribution in [2.45, 2.75) is 20.4 Å². The Morgan fingerprint density at radius 3 is 2.67 bits per heavy atom. The molecule has 1 amide bonds. The lowest BCUT2D eigenvalue weighted by Gasteiger charge is -2.07. The van der Waals surface area contributed by atoms with Gasteiger partial charge in [0.05, 0.1) is 29.2 Å². The first-order chi connectivity index (χ1) is 12.8. The van der Waals surface area contributed by atoms with Gasteiger partial charge >= 0.3 is 5.97 Å². The molecule has 0 atom stereocenters. The van der Waals surface area contributed by atoms with Gasteiger partial charge in [0.15, 0.2) is 5.69 Å². The van der Waals surface area contributed by atoms with Crippen LogP contribution in [0.2, 0.25) is 0 Å². The number of aryl methyl sites for hydroxylation is 2. The summed E-state index contributed by atoms with van der Waals surface area (Å²) in [4.78, 5) is 23.8. The van der Waals surface area contributed by atoms with Crippen LogP contribution in [0.1, 0.15) is 37.8 Å². The number of aromatic carboxylic acids is 1. The summed E-state index contributed by atoms with van der Waals surface area (Å²) in [5.74, 6) is -2.20. The van der Waals surface area contributed by atoms with Gasteiger partial charge in [-0.2, -0.15) is 10.2 Å². The third-order valence-electron chi connectivity index (χ3n) is 4.12. The second-order valence-corrected chi connectivity index (χ2v) is 6.16. The quantitative estimate of drug-likeness (QED) is 0.717. The minimum Gasteiger partial charge on any atom is -0.476 e. The highest BCUT2D eigenvalue weighted by molar-refractivity contribution is 6.10. The molecule has 0 saturated heterocycles. The van der Waals surface area contributed by atoms with Crippen LogP contribution < -0.4 is 5.32 Å². The summed E-state index contributed by atoms with van der Waals surface area (Å²) >= 11 is 0. The molecule has 2 aromatic heterocycles. The third-order valence-corrected chi connectivity index (χ3v) is 4.12. The summed E-state index contributed by atoms with van der Waals surface area (Å²) in [5.41, 5.74) is 2.10. The van der Waals surface area contributed by atoms with E-state index in [1.807, 2.05) is 0 Å². The maximum absolute atomic E-state index is 13.4. The van der Waals surface area contributed by atoms with Crippen LogP contribution in [0.5, 0.6) is 0 Å². The van der Waals surface area contributed by atoms with Crippen LogP contribution in [0.25, 0.3) is 0 Å². The number of amides is 1. The Labute approximate surface area is 154 Å². The van der Waals surface area contributed by atoms with Crippen LogP contribution in [0, 0.1) is 19.7 Å². The molecule has 0 saturated carbocycles. The molecule has 27 heavy (non-hydrogen) atoms. The number of carboxylic acid groups (broad SMARTS) is 1. The first-order valence-electron chi connectivity index (χ1n) is 8.13. The number of hydrogen-bond acceptors (Lipinski definition) is 4. The van der Waals surface area contributed by atoms with Crippen molar-refractivity contribution < 1.29 is 19.1 Å². The number of nitrogens with zero attached hydrogens (tertiary/aromatic N) is 4. The predicted octanol–water partition coefficient (Wildman–Crippen LogP) is 2.37. The molecule has 0 fully saturated rings. The Morgan fingerprint density at radius 2 is 2.00 bits per heavy atom. The van der Waals surface area contributed by atoms with E-state index in [1.165, 1.54) is 30.1 Å². The summed E-state index contributed by atoms with van der Waals surface area (Å²) in [5, 5.41) is 20.1. The van der Waals surface area contributed by atoms with Gasteiger partial charge in [-0.15, -0.1) is 0 Å². The average molecular weight is 371 g/mol. The molecule has 2 N–H and O–H groups in total. The number of hydrogen-bond donors (Lipinski definition) is 2. The molecule has 0 spiro atoms. The molecule has 8 nitrogen and oxygen atoms in total. The van der Waals surface area contributed by atoms with E-state index in [4.69, 9.17) is 0 Å². The molecule has 1 aromatic carbocycles. The Balaban J connectivity index is 1.87. The number of anilines is 1. The van der Waals surface area contributed by atoms with Crippen molar-refractivity contribution in [1.29, 1.82) is 0 Å². The second kappa shape index (κ2) is 7.02. The van der Waals surface area contributed by atoms with Crippen molar-refractivity contribution in [3.05, 3.63) is 64.5 Å². The molecule has 2 heterocycles. The minimum absolute atomic E-state index is 0.0401. The van der Waals surface area contributed by atoms with Gasteiger partial charge in [0.25, 0.3) is 5.91 Å². The van der Waals surface area contributed by atoms with Gasteiger partial charge < -0.3 is 10.4 Å². The van der Waals surface area contributed by atoms with Crippen LogP contribution in [0.15, 0.2) is 30.5 Å². The lowest BCUT2D eigenvalue weighted by Crippen LogP contribution is -2.16. The molecule has 9 heteroatoms. The van der Waals surface area contributed by atoms with Crippen molar-refractivity contribution >= 4 is 17.6 Å². The molecular formula is C18H18FN5O3. The van der Waals surface area contributed by atoms with Gasteiger partial charge in [0.2, 0.25) is 0 Å². The molecule has 0 aliphatic carbocycles. The predicted molar refractivity (Wildman–Crippen MR) is 95.3 cm³/mol. The van der Waals surface area contributed by atoms with E-state index in [0.29, 0.717) is 23.6 Å². The lowest BCUT2D eigenvalue weighted by atomic mass is 10.2. The molecule has 0 aliphatic heterocycles. The van der Waals surface area contributed by atoms with Crippen molar-refractivity contribution in [3.8, 4) is 0 Å². The summed E-state index contributed by atoms with van der Waals surface area (Å²) in [6, 6.07) is 6.19. The fraction of sp³-hybridized carbons (Fsp3) is 0.222. The number of carboxylic acids is 1. The van der Waals surface area contributed by atoms with Gasteiger partial charge in [0.1, 0.15) is 5.82 Å². The van der Waals surface area contributed by atoms with Crippen molar-refractivity contribution in [1.82, 2.24) is 19.6 Å². The number of carbonyl (C=O) groups is 2. The summed E-state index contributed by atoms with van der Waals surface area (Å²) in [6.45, 7) is 3.84. The number of rotatable bonds is 5. The zero-order chi connectivity index (χ0) is 19.7. The SMILES string of the molecule is Cc1nn(Cc2cccc(F)c2)c(C)c1NC(=O)c1cn(C)nc1C(=O)O. The van der Waals surface area contributed by atoms with Crippen LogP contribution in [0.3, 0.4) is 0 Å².